The number of aliphatic hydroxyl groups excluding tert-OH is 1. The van der Waals surface area contributed by atoms with E-state index in [-0.39, 0.29) is 18.2 Å². The second-order valence-corrected chi connectivity index (χ2v) is 8.82. The van der Waals surface area contributed by atoms with E-state index in [0.717, 1.165) is 39.8 Å². The Morgan fingerprint density at radius 2 is 1.94 bits per heavy atom. The van der Waals surface area contributed by atoms with Crippen LogP contribution < -0.4 is 5.56 Å². The van der Waals surface area contributed by atoms with Crippen molar-refractivity contribution in [2.75, 3.05) is 13.2 Å². The number of nitrogens with one attached hydrogen (secondary N) is 1. The molecule has 0 spiro atoms. The van der Waals surface area contributed by atoms with Crippen LogP contribution in [-0.4, -0.2) is 48.3 Å². The molecule has 0 aliphatic rings. The van der Waals surface area contributed by atoms with Crippen LogP contribution >= 0.6 is 0 Å². The molecular weight excluding hydrogens is 428 g/mol. The smallest absolute Gasteiger partial charge is 0.252 e. The topological polar surface area (TPSA) is 99.9 Å². The van der Waals surface area contributed by atoms with Crippen molar-refractivity contribution in [3.05, 3.63) is 87.0 Å². The lowest BCUT2D eigenvalue weighted by Crippen LogP contribution is -2.34. The van der Waals surface area contributed by atoms with Crippen LogP contribution in [0.25, 0.3) is 10.9 Å². The summed E-state index contributed by atoms with van der Waals surface area (Å²) < 4.78 is 1.83. The third kappa shape index (κ3) is 5.24. The largest absolute Gasteiger partial charge is 0.396 e. The number of pyridine rings is 1. The number of aromatic nitrogens is 5. The molecule has 0 saturated carbocycles. The first-order valence-corrected chi connectivity index (χ1v) is 11.8. The van der Waals surface area contributed by atoms with Crippen LogP contribution in [0.2, 0.25) is 0 Å². The molecule has 1 atom stereocenters. The number of benzene rings is 2. The first-order chi connectivity index (χ1) is 16.5. The molecule has 2 aromatic heterocycles. The summed E-state index contributed by atoms with van der Waals surface area (Å²) in [6.45, 7) is 7.88. The van der Waals surface area contributed by atoms with Crippen LogP contribution in [0.5, 0.6) is 0 Å². The highest BCUT2D eigenvalue weighted by Crippen LogP contribution is 2.25. The van der Waals surface area contributed by atoms with Crippen molar-refractivity contribution in [1.82, 2.24) is 30.1 Å². The third-order valence-corrected chi connectivity index (χ3v) is 6.21. The molecule has 8 heteroatoms. The number of aliphatic hydroxyl groups is 1. The van der Waals surface area contributed by atoms with Gasteiger partial charge in [-0.2, -0.15) is 0 Å². The van der Waals surface area contributed by atoms with Crippen LogP contribution in [0.1, 0.15) is 53.9 Å². The predicted molar refractivity (Wildman–Crippen MR) is 133 cm³/mol. The summed E-state index contributed by atoms with van der Waals surface area (Å²) in [4.78, 5) is 18.3. The minimum Gasteiger partial charge on any atom is -0.396 e. The average molecular weight is 461 g/mol. The van der Waals surface area contributed by atoms with E-state index < -0.39 is 0 Å². The summed E-state index contributed by atoms with van der Waals surface area (Å²) in [7, 11) is 0. The van der Waals surface area contributed by atoms with Crippen molar-refractivity contribution in [2.45, 2.75) is 52.7 Å². The highest BCUT2D eigenvalue weighted by Gasteiger charge is 2.25. The van der Waals surface area contributed by atoms with E-state index in [2.05, 4.69) is 63.5 Å². The van der Waals surface area contributed by atoms with Crippen molar-refractivity contribution in [3.8, 4) is 0 Å². The van der Waals surface area contributed by atoms with Crippen LogP contribution in [0.15, 0.2) is 53.3 Å². The molecule has 0 saturated heterocycles. The molecule has 4 aromatic rings. The Bertz CT molecular complexity index is 1300. The zero-order chi connectivity index (χ0) is 24.1. The lowest BCUT2D eigenvalue weighted by atomic mass is 10.0. The highest BCUT2D eigenvalue weighted by atomic mass is 16.3. The molecule has 0 amide bonds. The van der Waals surface area contributed by atoms with E-state index in [9.17, 15) is 9.90 Å². The maximum atomic E-state index is 13.0. The van der Waals surface area contributed by atoms with Crippen molar-refractivity contribution in [2.24, 2.45) is 0 Å². The second kappa shape index (κ2) is 10.7. The van der Waals surface area contributed by atoms with Crippen LogP contribution in [0, 0.1) is 13.8 Å². The Hall–Kier alpha value is -3.36. The van der Waals surface area contributed by atoms with Gasteiger partial charge in [0.25, 0.3) is 5.56 Å². The number of aromatic amines is 1. The zero-order valence-corrected chi connectivity index (χ0v) is 20.0. The molecule has 4 rings (SSSR count). The summed E-state index contributed by atoms with van der Waals surface area (Å²) in [6.07, 6.45) is 1.37. The van der Waals surface area contributed by atoms with Crippen LogP contribution in [0.4, 0.5) is 0 Å². The van der Waals surface area contributed by atoms with E-state index in [1.54, 1.807) is 0 Å². The number of H-pyrrole nitrogens is 1. The van der Waals surface area contributed by atoms with Gasteiger partial charge in [0.2, 0.25) is 0 Å². The van der Waals surface area contributed by atoms with Gasteiger partial charge in [0.05, 0.1) is 18.1 Å². The van der Waals surface area contributed by atoms with E-state index in [4.69, 9.17) is 0 Å². The number of fused-ring (bicyclic) bond motifs is 1. The molecule has 2 aromatic carbocycles. The predicted octanol–water partition coefficient (Wildman–Crippen LogP) is 3.52. The maximum absolute atomic E-state index is 13.0. The molecular formula is C26H32N6O2. The lowest BCUT2D eigenvalue weighted by molar-refractivity contribution is 0.152. The second-order valence-electron chi connectivity index (χ2n) is 8.82. The number of hydrogen-bond donors (Lipinski definition) is 2. The molecule has 0 fully saturated rings. The van der Waals surface area contributed by atoms with Gasteiger partial charge in [0, 0.05) is 25.3 Å². The number of rotatable bonds is 10. The van der Waals surface area contributed by atoms with Crippen molar-refractivity contribution >= 4 is 10.9 Å². The first kappa shape index (κ1) is 23.8. The van der Waals surface area contributed by atoms with Crippen molar-refractivity contribution in [1.29, 1.82) is 0 Å². The number of nitrogens with zero attached hydrogens (tertiary/aromatic N) is 5. The molecule has 2 N–H and O–H groups in total. The number of aryl methyl sites for hydroxylation is 2. The molecule has 178 valence electrons. The van der Waals surface area contributed by atoms with Crippen molar-refractivity contribution in [3.63, 3.8) is 0 Å². The van der Waals surface area contributed by atoms with E-state index >= 15 is 0 Å². The highest BCUT2D eigenvalue weighted by molar-refractivity contribution is 5.82. The Kier molecular flexibility index (Phi) is 7.49. The molecule has 0 bridgehead atoms. The van der Waals surface area contributed by atoms with Gasteiger partial charge in [-0.1, -0.05) is 48.9 Å². The van der Waals surface area contributed by atoms with Crippen LogP contribution in [0.3, 0.4) is 0 Å². The number of hydrogen-bond acceptors (Lipinski definition) is 6. The van der Waals surface area contributed by atoms with E-state index in [1.807, 2.05) is 35.9 Å². The Morgan fingerprint density at radius 1 is 1.15 bits per heavy atom. The zero-order valence-electron chi connectivity index (χ0n) is 20.0. The van der Waals surface area contributed by atoms with Crippen molar-refractivity contribution < 1.29 is 5.11 Å². The van der Waals surface area contributed by atoms with E-state index in [1.165, 1.54) is 0 Å². The molecule has 34 heavy (non-hydrogen) atoms. The van der Waals surface area contributed by atoms with Gasteiger partial charge in [0.15, 0.2) is 5.82 Å². The van der Waals surface area contributed by atoms with E-state index in [0.29, 0.717) is 31.6 Å². The maximum Gasteiger partial charge on any atom is 0.252 e. The van der Waals surface area contributed by atoms with Gasteiger partial charge in [-0.15, -0.1) is 5.10 Å². The van der Waals surface area contributed by atoms with Gasteiger partial charge < -0.3 is 10.1 Å². The molecule has 0 aliphatic carbocycles. The summed E-state index contributed by atoms with van der Waals surface area (Å²) in [5.41, 5.74) is 4.81. The third-order valence-electron chi connectivity index (χ3n) is 6.21. The standard InChI is InChI=1S/C26H32N6O2/c1-4-23(25-28-29-30-32(25)16-20-9-6-5-7-10-20)31(11-8-12-33)17-22-15-21-14-18(2)13-19(3)24(21)27-26(22)34/h5-7,9-10,13-15,23,33H,4,8,11-12,16-17H2,1-3H3,(H,27,34)/t23-/m1/s1. The van der Waals surface area contributed by atoms with Gasteiger partial charge in [-0.3, -0.25) is 9.69 Å². The normalized spacial score (nSPS) is 12.5. The summed E-state index contributed by atoms with van der Waals surface area (Å²) in [6, 6.07) is 16.1. The van der Waals surface area contributed by atoms with Gasteiger partial charge in [-0.25, -0.2) is 4.68 Å². The molecule has 0 unspecified atom stereocenters. The fourth-order valence-corrected chi connectivity index (χ4v) is 4.61. The summed E-state index contributed by atoms with van der Waals surface area (Å²) in [5.74, 6) is 0.758. The average Bonchev–Trinajstić information content (AvgIpc) is 3.27. The fourth-order valence-electron chi connectivity index (χ4n) is 4.61. The lowest BCUT2D eigenvalue weighted by Gasteiger charge is -2.30. The Morgan fingerprint density at radius 3 is 2.68 bits per heavy atom. The first-order valence-electron chi connectivity index (χ1n) is 11.8. The van der Waals surface area contributed by atoms with Gasteiger partial charge >= 0.3 is 0 Å². The fraction of sp³-hybridized carbons (Fsp3) is 0.385. The number of tetrazole rings is 1. The monoisotopic (exact) mass is 460 g/mol. The summed E-state index contributed by atoms with van der Waals surface area (Å²) in [5, 5.41) is 23.1. The summed E-state index contributed by atoms with van der Waals surface area (Å²) >= 11 is 0. The molecule has 0 radical (unpaired) electrons. The van der Waals surface area contributed by atoms with Gasteiger partial charge in [-0.05, 0) is 65.8 Å². The molecule has 2 heterocycles. The quantitative estimate of drug-likeness (QED) is 0.376. The Balaban J connectivity index is 1.67. The van der Waals surface area contributed by atoms with Crippen LogP contribution in [-0.2, 0) is 13.1 Å². The molecule has 0 aliphatic heterocycles. The molecule has 8 nitrogen and oxygen atoms in total. The minimum absolute atomic E-state index is 0.0777. The SMILES string of the molecule is CC[C@H](c1nnnn1Cc1ccccc1)N(CCCO)Cc1cc2cc(C)cc(C)c2[nH]c1=O. The Labute approximate surface area is 199 Å². The van der Waals surface area contributed by atoms with Gasteiger partial charge in [0.1, 0.15) is 0 Å². The minimum atomic E-state index is -0.0976.